The van der Waals surface area contributed by atoms with Crippen LogP contribution >= 0.6 is 11.3 Å². The summed E-state index contributed by atoms with van der Waals surface area (Å²) in [6, 6.07) is 2.55. The van der Waals surface area contributed by atoms with Gasteiger partial charge in [0.25, 0.3) is 5.91 Å². The second-order valence-electron chi connectivity index (χ2n) is 5.29. The monoisotopic (exact) mass is 349 g/mol. The molecule has 0 spiro atoms. The van der Waals surface area contributed by atoms with Gasteiger partial charge in [-0.2, -0.15) is 13.2 Å². The molecular weight excluding hydrogens is 335 g/mol. The van der Waals surface area contributed by atoms with Crippen LogP contribution in [-0.2, 0) is 15.1 Å². The summed E-state index contributed by atoms with van der Waals surface area (Å²) in [4.78, 5) is 37.8. The van der Waals surface area contributed by atoms with Gasteiger partial charge in [-0.1, -0.05) is 6.07 Å². The van der Waals surface area contributed by atoms with Crippen molar-refractivity contribution in [2.75, 3.05) is 20.1 Å². The Bertz CT molecular complexity index is 632. The van der Waals surface area contributed by atoms with Gasteiger partial charge >= 0.3 is 12.2 Å². The zero-order valence-electron chi connectivity index (χ0n) is 12.3. The van der Waals surface area contributed by atoms with E-state index in [1.54, 1.807) is 17.5 Å². The lowest BCUT2D eigenvalue weighted by Crippen LogP contribution is -2.45. The fraction of sp³-hybridized carbons (Fsp3) is 0.462. The number of thiophene rings is 1. The summed E-state index contributed by atoms with van der Waals surface area (Å²) in [5.41, 5.74) is -1.31. The molecule has 0 bridgehead atoms. The molecule has 1 aromatic heterocycles. The Morgan fingerprint density at radius 2 is 2.09 bits per heavy atom. The summed E-state index contributed by atoms with van der Waals surface area (Å²) in [7, 11) is 0.965. The summed E-state index contributed by atoms with van der Waals surface area (Å²) in [5, 5.41) is 4.21. The van der Waals surface area contributed by atoms with Crippen molar-refractivity contribution < 1.29 is 27.6 Å². The summed E-state index contributed by atoms with van der Waals surface area (Å²) < 4.78 is 36.9. The quantitative estimate of drug-likeness (QED) is 0.839. The molecule has 1 saturated heterocycles. The molecule has 2 heterocycles. The Hall–Kier alpha value is -2.10. The van der Waals surface area contributed by atoms with E-state index in [4.69, 9.17) is 0 Å². The van der Waals surface area contributed by atoms with Crippen LogP contribution in [0.1, 0.15) is 11.8 Å². The van der Waals surface area contributed by atoms with Gasteiger partial charge in [0.2, 0.25) is 5.91 Å². The van der Waals surface area contributed by atoms with Gasteiger partial charge < -0.3 is 10.2 Å². The van der Waals surface area contributed by atoms with E-state index in [9.17, 15) is 27.6 Å². The molecule has 1 aliphatic heterocycles. The zero-order valence-corrected chi connectivity index (χ0v) is 13.1. The van der Waals surface area contributed by atoms with E-state index < -0.39 is 42.7 Å². The van der Waals surface area contributed by atoms with Gasteiger partial charge in [0.1, 0.15) is 13.1 Å². The normalized spacial score (nSPS) is 21.5. The Morgan fingerprint density at radius 1 is 1.43 bits per heavy atom. The molecule has 1 fully saturated rings. The van der Waals surface area contributed by atoms with Gasteiger partial charge in [0.05, 0.1) is 0 Å². The summed E-state index contributed by atoms with van der Waals surface area (Å²) >= 11 is 1.25. The maximum Gasteiger partial charge on any atom is 0.406 e. The van der Waals surface area contributed by atoms with Crippen molar-refractivity contribution in [2.24, 2.45) is 0 Å². The minimum atomic E-state index is -4.55. The van der Waals surface area contributed by atoms with E-state index in [0.29, 0.717) is 14.7 Å². The number of carbonyl (C=O) groups excluding carboxylic acids is 3. The molecule has 1 N–H and O–H groups in total. The van der Waals surface area contributed by atoms with Crippen molar-refractivity contribution >= 4 is 29.2 Å². The Balaban J connectivity index is 2.11. The molecule has 1 atom stereocenters. The van der Waals surface area contributed by atoms with E-state index in [2.05, 4.69) is 5.32 Å². The number of urea groups is 1. The lowest BCUT2D eigenvalue weighted by Gasteiger charge is -2.22. The van der Waals surface area contributed by atoms with Crippen LogP contribution < -0.4 is 5.32 Å². The van der Waals surface area contributed by atoms with Crippen molar-refractivity contribution in [3.8, 4) is 0 Å². The van der Waals surface area contributed by atoms with Crippen molar-refractivity contribution in [1.82, 2.24) is 15.1 Å². The zero-order chi connectivity index (χ0) is 17.4. The van der Waals surface area contributed by atoms with Crippen LogP contribution in [0.2, 0.25) is 0 Å². The highest BCUT2D eigenvalue weighted by Crippen LogP contribution is 2.31. The molecule has 6 nitrogen and oxygen atoms in total. The van der Waals surface area contributed by atoms with Gasteiger partial charge in [-0.25, -0.2) is 4.79 Å². The molecule has 23 heavy (non-hydrogen) atoms. The van der Waals surface area contributed by atoms with Gasteiger partial charge in [-0.15, -0.1) is 11.3 Å². The molecule has 126 valence electrons. The fourth-order valence-corrected chi connectivity index (χ4v) is 3.02. The first-order valence-corrected chi connectivity index (χ1v) is 7.41. The van der Waals surface area contributed by atoms with E-state index >= 15 is 0 Å². The number of hydrogen-bond acceptors (Lipinski definition) is 4. The van der Waals surface area contributed by atoms with Crippen LogP contribution in [0.3, 0.4) is 0 Å². The van der Waals surface area contributed by atoms with Gasteiger partial charge in [0.15, 0.2) is 5.54 Å². The van der Waals surface area contributed by atoms with Crippen molar-refractivity contribution in [3.63, 3.8) is 0 Å². The predicted octanol–water partition coefficient (Wildman–Crippen LogP) is 1.54. The number of carbonyl (C=O) groups is 3. The Morgan fingerprint density at radius 3 is 2.61 bits per heavy atom. The molecular formula is C13H14F3N3O3S. The highest BCUT2D eigenvalue weighted by molar-refractivity contribution is 7.10. The lowest BCUT2D eigenvalue weighted by atomic mass is 10.0. The van der Waals surface area contributed by atoms with Gasteiger partial charge in [-0.3, -0.25) is 14.5 Å². The van der Waals surface area contributed by atoms with E-state index in [1.165, 1.54) is 18.3 Å². The maximum atomic E-state index is 12.4. The third-order valence-corrected chi connectivity index (χ3v) is 4.52. The number of rotatable bonds is 4. The number of hydrogen-bond donors (Lipinski definition) is 1. The molecule has 10 heteroatoms. The molecule has 1 unspecified atom stereocenters. The van der Waals surface area contributed by atoms with E-state index in [1.807, 2.05) is 0 Å². The molecule has 0 radical (unpaired) electrons. The maximum absolute atomic E-state index is 12.4. The molecule has 1 aliphatic rings. The highest BCUT2D eigenvalue weighted by atomic mass is 32.1. The first-order chi connectivity index (χ1) is 10.5. The summed E-state index contributed by atoms with van der Waals surface area (Å²) in [5.74, 6) is -1.64. The van der Waals surface area contributed by atoms with E-state index in [0.717, 1.165) is 7.05 Å². The number of alkyl halides is 3. The Kier molecular flexibility index (Phi) is 4.38. The smallest absolute Gasteiger partial charge is 0.335 e. The SMILES string of the molecule is CN(CC(F)(F)F)C(=O)CN1C(=O)NC(C)(c2cccs2)C1=O. The second kappa shape index (κ2) is 5.84. The second-order valence-corrected chi connectivity index (χ2v) is 6.24. The number of halogens is 3. The van der Waals surface area contributed by atoms with Gasteiger partial charge in [0, 0.05) is 11.9 Å². The van der Waals surface area contributed by atoms with E-state index in [-0.39, 0.29) is 0 Å². The average molecular weight is 349 g/mol. The molecule has 0 saturated carbocycles. The number of likely N-dealkylation sites (N-methyl/N-ethyl adjacent to an activating group) is 1. The van der Waals surface area contributed by atoms with Crippen LogP contribution in [0.5, 0.6) is 0 Å². The standard InChI is InChI=1S/C13H14F3N3O3S/c1-12(8-4-3-5-23-8)10(21)19(11(22)17-12)6-9(20)18(2)7-13(14,15)16/h3-5H,6-7H2,1-2H3,(H,17,22). The molecule has 1 aromatic rings. The average Bonchev–Trinajstić information content (AvgIpc) is 3.01. The molecule has 2 rings (SSSR count). The minimum Gasteiger partial charge on any atom is -0.335 e. The number of nitrogens with one attached hydrogen (secondary N) is 1. The van der Waals surface area contributed by atoms with Crippen LogP contribution in [0.4, 0.5) is 18.0 Å². The van der Waals surface area contributed by atoms with Crippen LogP contribution in [0.15, 0.2) is 17.5 Å². The van der Waals surface area contributed by atoms with Crippen molar-refractivity contribution in [2.45, 2.75) is 18.6 Å². The topological polar surface area (TPSA) is 69.7 Å². The fourth-order valence-electron chi connectivity index (χ4n) is 2.18. The Labute approximate surface area is 133 Å². The van der Waals surface area contributed by atoms with Crippen molar-refractivity contribution in [3.05, 3.63) is 22.4 Å². The number of amides is 4. The first kappa shape index (κ1) is 17.3. The molecule has 0 aliphatic carbocycles. The molecule has 4 amide bonds. The van der Waals surface area contributed by atoms with Gasteiger partial charge in [-0.05, 0) is 18.4 Å². The third kappa shape index (κ3) is 3.46. The lowest BCUT2D eigenvalue weighted by molar-refractivity contribution is -0.159. The molecule has 0 aromatic carbocycles. The van der Waals surface area contributed by atoms with Crippen LogP contribution in [0, 0.1) is 0 Å². The highest BCUT2D eigenvalue weighted by Gasteiger charge is 2.50. The minimum absolute atomic E-state index is 0.432. The predicted molar refractivity (Wildman–Crippen MR) is 75.6 cm³/mol. The van der Waals surface area contributed by atoms with Crippen LogP contribution in [0.25, 0.3) is 0 Å². The summed E-state index contributed by atoms with van der Waals surface area (Å²) in [6.07, 6.45) is -4.55. The summed E-state index contributed by atoms with van der Waals surface area (Å²) in [6.45, 7) is -0.696. The van der Waals surface area contributed by atoms with Crippen LogP contribution in [-0.4, -0.2) is 54.0 Å². The number of nitrogens with zero attached hydrogens (tertiary/aromatic N) is 2. The number of imide groups is 1. The first-order valence-electron chi connectivity index (χ1n) is 6.53. The largest absolute Gasteiger partial charge is 0.406 e. The third-order valence-electron chi connectivity index (χ3n) is 3.42. The van der Waals surface area contributed by atoms with Crippen molar-refractivity contribution in [1.29, 1.82) is 0 Å².